The molecule has 2 rings (SSSR count). The molecule has 1 amide bonds. The molecule has 0 aliphatic rings. The van der Waals surface area contributed by atoms with Crippen LogP contribution in [0.25, 0.3) is 0 Å². The zero-order valence-electron chi connectivity index (χ0n) is 15.9. The summed E-state index contributed by atoms with van der Waals surface area (Å²) in [6, 6.07) is 9.22. The van der Waals surface area contributed by atoms with E-state index in [1.54, 1.807) is 12.1 Å². The number of anilines is 2. The third kappa shape index (κ3) is 5.14. The van der Waals surface area contributed by atoms with Crippen molar-refractivity contribution in [2.45, 2.75) is 26.8 Å². The van der Waals surface area contributed by atoms with Crippen molar-refractivity contribution in [1.82, 2.24) is 0 Å². The normalized spacial score (nSPS) is 12.4. The third-order valence-electron chi connectivity index (χ3n) is 3.96. The summed E-state index contributed by atoms with van der Waals surface area (Å²) in [6.07, 6.45) is 1.04. The molecule has 0 aromatic heterocycles. The van der Waals surface area contributed by atoms with Gasteiger partial charge in [-0.05, 0) is 62.2 Å². The van der Waals surface area contributed by atoms with E-state index in [2.05, 4.69) is 5.32 Å². The molecule has 27 heavy (non-hydrogen) atoms. The molecule has 0 aliphatic heterocycles. The Morgan fingerprint density at radius 1 is 1.15 bits per heavy atom. The fourth-order valence-corrected chi connectivity index (χ4v) is 4.25. The van der Waals surface area contributed by atoms with E-state index in [0.29, 0.717) is 16.5 Å². The van der Waals surface area contributed by atoms with Gasteiger partial charge in [-0.1, -0.05) is 17.7 Å². The Balaban J connectivity index is 2.42. The Morgan fingerprint density at radius 3 is 2.26 bits per heavy atom. The zero-order chi connectivity index (χ0) is 20.4. The quantitative estimate of drug-likeness (QED) is 0.786. The molecule has 0 spiro atoms. The predicted molar refractivity (Wildman–Crippen MR) is 109 cm³/mol. The summed E-state index contributed by atoms with van der Waals surface area (Å²) < 4.78 is 31.2. The highest BCUT2D eigenvalue weighted by atomic mass is 35.5. The third-order valence-corrected chi connectivity index (χ3v) is 5.42. The number of aryl methyl sites for hydroxylation is 2. The number of carbonyl (C=O) groups is 1. The van der Waals surface area contributed by atoms with Crippen LogP contribution in [0, 0.1) is 13.8 Å². The second-order valence-electron chi connectivity index (χ2n) is 6.42. The molecule has 0 unspecified atom stereocenters. The second kappa shape index (κ2) is 8.19. The number of nitrogens with one attached hydrogen (secondary N) is 1. The van der Waals surface area contributed by atoms with Gasteiger partial charge in [0.1, 0.15) is 11.8 Å². The number of carbonyl (C=O) groups excluding carboxylic acids is 1. The molecule has 1 atom stereocenters. The van der Waals surface area contributed by atoms with Gasteiger partial charge >= 0.3 is 0 Å². The van der Waals surface area contributed by atoms with Gasteiger partial charge in [0.05, 0.1) is 19.1 Å². The number of nitrogens with zero attached hydrogens (tertiary/aromatic N) is 1. The largest absolute Gasteiger partial charge is 0.495 e. The van der Waals surface area contributed by atoms with Crippen LogP contribution in [0.1, 0.15) is 18.1 Å². The standard InChI is InChI=1S/C19H23ClN2O4S/c1-12-8-13(2)10-16(9-12)21-19(23)14(3)22(27(5,24)25)17-11-15(20)6-7-18(17)26-4/h6-11,14H,1-5H3,(H,21,23)/t14-/m0/s1. The van der Waals surface area contributed by atoms with Crippen molar-refractivity contribution in [2.75, 3.05) is 23.0 Å². The van der Waals surface area contributed by atoms with E-state index in [0.717, 1.165) is 21.7 Å². The summed E-state index contributed by atoms with van der Waals surface area (Å²) >= 11 is 6.04. The molecule has 0 saturated carbocycles. The lowest BCUT2D eigenvalue weighted by Gasteiger charge is -2.29. The number of ether oxygens (including phenoxy) is 1. The first-order valence-corrected chi connectivity index (χ1v) is 10.5. The van der Waals surface area contributed by atoms with Crippen LogP contribution in [0.2, 0.25) is 5.02 Å². The molecule has 0 aliphatic carbocycles. The predicted octanol–water partition coefficient (Wildman–Crippen LogP) is 3.76. The minimum absolute atomic E-state index is 0.204. The maximum absolute atomic E-state index is 12.8. The fraction of sp³-hybridized carbons (Fsp3) is 0.316. The number of amides is 1. The molecule has 146 valence electrons. The smallest absolute Gasteiger partial charge is 0.247 e. The number of hydrogen-bond donors (Lipinski definition) is 1. The number of hydrogen-bond acceptors (Lipinski definition) is 4. The van der Waals surface area contributed by atoms with Crippen LogP contribution in [-0.4, -0.2) is 33.7 Å². The lowest BCUT2D eigenvalue weighted by Crippen LogP contribution is -2.45. The van der Waals surface area contributed by atoms with Crippen LogP contribution in [0.5, 0.6) is 5.75 Å². The highest BCUT2D eigenvalue weighted by molar-refractivity contribution is 7.92. The van der Waals surface area contributed by atoms with Crippen molar-refractivity contribution >= 4 is 38.9 Å². The topological polar surface area (TPSA) is 75.7 Å². The van der Waals surface area contributed by atoms with E-state index in [-0.39, 0.29) is 5.69 Å². The number of rotatable bonds is 6. The van der Waals surface area contributed by atoms with E-state index in [1.807, 2.05) is 32.0 Å². The Hall–Kier alpha value is -2.25. The molecule has 0 heterocycles. The van der Waals surface area contributed by atoms with Gasteiger partial charge < -0.3 is 10.1 Å². The summed E-state index contributed by atoms with van der Waals surface area (Å²) in [6.45, 7) is 5.36. The van der Waals surface area contributed by atoms with Crippen molar-refractivity contribution in [3.63, 3.8) is 0 Å². The van der Waals surface area contributed by atoms with Gasteiger partial charge in [0.25, 0.3) is 0 Å². The number of sulfonamides is 1. The maximum atomic E-state index is 12.8. The first-order valence-electron chi connectivity index (χ1n) is 8.25. The average Bonchev–Trinajstić information content (AvgIpc) is 2.52. The van der Waals surface area contributed by atoms with E-state index in [9.17, 15) is 13.2 Å². The first-order chi connectivity index (χ1) is 12.5. The highest BCUT2D eigenvalue weighted by Gasteiger charge is 2.31. The van der Waals surface area contributed by atoms with Crippen LogP contribution in [0.4, 0.5) is 11.4 Å². The SMILES string of the molecule is COc1ccc(Cl)cc1N([C@@H](C)C(=O)Nc1cc(C)cc(C)c1)S(C)(=O)=O. The highest BCUT2D eigenvalue weighted by Crippen LogP contribution is 2.34. The molecule has 1 N–H and O–H groups in total. The van der Waals surface area contributed by atoms with Crippen molar-refractivity contribution in [3.8, 4) is 5.75 Å². The van der Waals surface area contributed by atoms with Gasteiger partial charge in [-0.25, -0.2) is 8.42 Å². The molecule has 2 aromatic carbocycles. The van der Waals surface area contributed by atoms with Gasteiger partial charge in [0, 0.05) is 10.7 Å². The molecule has 0 bridgehead atoms. The van der Waals surface area contributed by atoms with Crippen LogP contribution in [0.3, 0.4) is 0 Å². The molecule has 8 heteroatoms. The fourth-order valence-electron chi connectivity index (χ4n) is 2.91. The van der Waals surface area contributed by atoms with Crippen LogP contribution < -0.4 is 14.4 Å². The molecular weight excluding hydrogens is 388 g/mol. The van der Waals surface area contributed by atoms with Crippen molar-refractivity contribution < 1.29 is 17.9 Å². The van der Waals surface area contributed by atoms with Gasteiger partial charge in [-0.2, -0.15) is 0 Å². The number of benzene rings is 2. The van der Waals surface area contributed by atoms with Crippen molar-refractivity contribution in [2.24, 2.45) is 0 Å². The number of halogens is 1. The Morgan fingerprint density at radius 2 is 1.74 bits per heavy atom. The summed E-state index contributed by atoms with van der Waals surface area (Å²) in [5, 5.41) is 3.11. The first kappa shape index (κ1) is 21.1. The Labute approximate surface area is 165 Å². The van der Waals surface area contributed by atoms with Gasteiger partial charge in [0.2, 0.25) is 15.9 Å². The Bertz CT molecular complexity index is 940. The summed E-state index contributed by atoms with van der Waals surface area (Å²) in [7, 11) is -2.36. The lowest BCUT2D eigenvalue weighted by molar-refractivity contribution is -0.116. The molecule has 0 fully saturated rings. The summed E-state index contributed by atoms with van der Waals surface area (Å²) in [5.74, 6) is -0.164. The lowest BCUT2D eigenvalue weighted by atomic mass is 10.1. The maximum Gasteiger partial charge on any atom is 0.247 e. The Kier molecular flexibility index (Phi) is 6.38. The van der Waals surface area contributed by atoms with E-state index < -0.39 is 22.0 Å². The van der Waals surface area contributed by atoms with Crippen LogP contribution in [0.15, 0.2) is 36.4 Å². The molecule has 0 radical (unpaired) electrons. The molecule has 6 nitrogen and oxygen atoms in total. The van der Waals surface area contributed by atoms with E-state index in [1.165, 1.54) is 20.1 Å². The zero-order valence-corrected chi connectivity index (χ0v) is 17.5. The van der Waals surface area contributed by atoms with Crippen molar-refractivity contribution in [3.05, 3.63) is 52.5 Å². The molecule has 2 aromatic rings. The second-order valence-corrected chi connectivity index (χ2v) is 8.71. The number of methoxy groups -OCH3 is 1. The molecular formula is C19H23ClN2O4S. The molecule has 0 saturated heterocycles. The minimum Gasteiger partial charge on any atom is -0.495 e. The van der Waals surface area contributed by atoms with Gasteiger partial charge in [0.15, 0.2) is 0 Å². The van der Waals surface area contributed by atoms with Crippen LogP contribution in [-0.2, 0) is 14.8 Å². The van der Waals surface area contributed by atoms with E-state index >= 15 is 0 Å². The monoisotopic (exact) mass is 410 g/mol. The average molecular weight is 411 g/mol. The summed E-state index contributed by atoms with van der Waals surface area (Å²) in [4.78, 5) is 12.8. The van der Waals surface area contributed by atoms with E-state index in [4.69, 9.17) is 16.3 Å². The van der Waals surface area contributed by atoms with Crippen LogP contribution >= 0.6 is 11.6 Å². The van der Waals surface area contributed by atoms with Crippen molar-refractivity contribution in [1.29, 1.82) is 0 Å². The summed E-state index contributed by atoms with van der Waals surface area (Å²) in [5.41, 5.74) is 2.80. The minimum atomic E-state index is -3.79. The van der Waals surface area contributed by atoms with Gasteiger partial charge in [-0.3, -0.25) is 9.10 Å². The van der Waals surface area contributed by atoms with Gasteiger partial charge in [-0.15, -0.1) is 0 Å².